The summed E-state index contributed by atoms with van der Waals surface area (Å²) in [5, 5.41) is 11.0. The summed E-state index contributed by atoms with van der Waals surface area (Å²) in [4.78, 5) is 0. The molecule has 3 heteroatoms. The van der Waals surface area contributed by atoms with Crippen LogP contribution >= 0.6 is 11.6 Å². The maximum Gasteiger partial charge on any atom is 0.147 e. The molecule has 0 heterocycles. The third-order valence-corrected chi connectivity index (χ3v) is 3.43. The van der Waals surface area contributed by atoms with Crippen molar-refractivity contribution in [3.8, 4) is 5.75 Å². The molecule has 0 unspecified atom stereocenters. The molecule has 3 rings (SSSR count). The smallest absolute Gasteiger partial charge is 0.147 e. The van der Waals surface area contributed by atoms with Gasteiger partial charge in [0.15, 0.2) is 0 Å². The summed E-state index contributed by atoms with van der Waals surface area (Å²) >= 11 is 5.83. The van der Waals surface area contributed by atoms with Gasteiger partial charge in [-0.05, 0) is 41.5 Å². The van der Waals surface area contributed by atoms with E-state index < -0.39 is 6.10 Å². The summed E-state index contributed by atoms with van der Waals surface area (Å²) < 4.78 is 5.78. The predicted molar refractivity (Wildman–Crippen MR) is 76.3 cm³/mol. The van der Waals surface area contributed by atoms with Crippen LogP contribution in [0.25, 0.3) is 6.08 Å². The van der Waals surface area contributed by atoms with Gasteiger partial charge in [0.2, 0.25) is 0 Å². The molecule has 1 N–H and O–H groups in total. The van der Waals surface area contributed by atoms with E-state index in [1.807, 2.05) is 36.4 Å². The summed E-state index contributed by atoms with van der Waals surface area (Å²) in [6, 6.07) is 14.9. The number of hydrogen-bond donors (Lipinski definition) is 1. The Bertz CT molecular complexity index is 604. The van der Waals surface area contributed by atoms with Gasteiger partial charge in [0.25, 0.3) is 0 Å². The summed E-state index contributed by atoms with van der Waals surface area (Å²) in [6.45, 7) is 0. The van der Waals surface area contributed by atoms with Crippen molar-refractivity contribution < 1.29 is 9.84 Å². The van der Waals surface area contributed by atoms with E-state index in [1.54, 1.807) is 24.3 Å². The highest BCUT2D eigenvalue weighted by Crippen LogP contribution is 2.30. The molecule has 0 aromatic heterocycles. The lowest BCUT2D eigenvalue weighted by Crippen LogP contribution is -2.25. The van der Waals surface area contributed by atoms with Crippen LogP contribution in [0, 0.1) is 0 Å². The number of aliphatic hydroxyl groups is 1. The molecule has 2 nitrogen and oxygen atoms in total. The van der Waals surface area contributed by atoms with Gasteiger partial charge in [-0.1, -0.05) is 41.9 Å². The van der Waals surface area contributed by atoms with E-state index in [0.29, 0.717) is 10.8 Å². The largest absolute Gasteiger partial charge is 0.483 e. The molecule has 0 radical (unpaired) electrons. The Morgan fingerprint density at radius 3 is 2.53 bits per heavy atom. The zero-order chi connectivity index (χ0) is 13.2. The Labute approximate surface area is 116 Å². The molecular formula is C16H13ClO2. The van der Waals surface area contributed by atoms with E-state index in [1.165, 1.54) is 0 Å². The van der Waals surface area contributed by atoms with Crippen LogP contribution in [0.5, 0.6) is 5.75 Å². The second-order valence-corrected chi connectivity index (χ2v) is 4.91. The molecule has 2 aromatic rings. The van der Waals surface area contributed by atoms with E-state index >= 15 is 0 Å². The lowest BCUT2D eigenvalue weighted by atomic mass is 9.93. The Hall–Kier alpha value is -1.77. The third kappa shape index (κ3) is 2.50. The molecule has 1 aliphatic rings. The van der Waals surface area contributed by atoms with Gasteiger partial charge in [-0.3, -0.25) is 0 Å². The monoisotopic (exact) mass is 272 g/mol. The summed E-state index contributed by atoms with van der Waals surface area (Å²) in [5.74, 6) is 0.692. The number of fused-ring (bicyclic) bond motifs is 1. The fourth-order valence-electron chi connectivity index (χ4n) is 2.19. The Morgan fingerprint density at radius 1 is 1.00 bits per heavy atom. The van der Waals surface area contributed by atoms with Crippen molar-refractivity contribution in [1.29, 1.82) is 0 Å². The van der Waals surface area contributed by atoms with E-state index in [0.717, 1.165) is 11.1 Å². The Balaban J connectivity index is 1.83. The zero-order valence-electron chi connectivity index (χ0n) is 10.2. The number of ether oxygens (including phenoxy) is 1. The number of benzene rings is 2. The molecule has 2 atom stereocenters. The van der Waals surface area contributed by atoms with Gasteiger partial charge in [-0.15, -0.1) is 0 Å². The summed E-state index contributed by atoms with van der Waals surface area (Å²) in [6.07, 6.45) is 2.82. The average molecular weight is 273 g/mol. The minimum Gasteiger partial charge on any atom is -0.483 e. The Morgan fingerprint density at radius 2 is 1.74 bits per heavy atom. The van der Waals surface area contributed by atoms with Crippen LogP contribution in [0.3, 0.4) is 0 Å². The molecule has 0 aliphatic heterocycles. The van der Waals surface area contributed by atoms with Gasteiger partial charge in [0.1, 0.15) is 18.0 Å². The fourth-order valence-corrected chi connectivity index (χ4v) is 2.31. The first kappa shape index (κ1) is 12.3. The van der Waals surface area contributed by atoms with Gasteiger partial charge >= 0.3 is 0 Å². The number of rotatable bonds is 2. The molecular weight excluding hydrogens is 260 g/mol. The highest BCUT2D eigenvalue weighted by molar-refractivity contribution is 6.30. The highest BCUT2D eigenvalue weighted by Gasteiger charge is 2.25. The maximum absolute atomic E-state index is 10.3. The Kier molecular flexibility index (Phi) is 3.28. The fraction of sp³-hybridized carbons (Fsp3) is 0.125. The van der Waals surface area contributed by atoms with Crippen molar-refractivity contribution in [2.45, 2.75) is 12.2 Å². The van der Waals surface area contributed by atoms with Gasteiger partial charge < -0.3 is 9.84 Å². The van der Waals surface area contributed by atoms with Crippen LogP contribution < -0.4 is 4.74 Å². The van der Waals surface area contributed by atoms with E-state index in [2.05, 4.69) is 0 Å². The van der Waals surface area contributed by atoms with E-state index in [9.17, 15) is 5.11 Å². The first-order chi connectivity index (χ1) is 9.24. The first-order valence-electron chi connectivity index (χ1n) is 6.11. The molecule has 2 aromatic carbocycles. The van der Waals surface area contributed by atoms with Crippen LogP contribution in [0.2, 0.25) is 5.02 Å². The van der Waals surface area contributed by atoms with Crippen molar-refractivity contribution in [2.24, 2.45) is 0 Å². The standard InChI is InChI=1S/C16H13ClO2/c17-12-6-8-13(9-7-12)19-15-10-5-11-3-1-2-4-14(11)16(15)18/h1-10,15-16,18H/t15-,16+/m1/s1. The summed E-state index contributed by atoms with van der Waals surface area (Å²) in [5.41, 5.74) is 1.93. The minimum absolute atomic E-state index is 0.379. The van der Waals surface area contributed by atoms with Crippen molar-refractivity contribution in [3.05, 3.63) is 70.8 Å². The maximum atomic E-state index is 10.3. The molecule has 1 aliphatic carbocycles. The van der Waals surface area contributed by atoms with Crippen LogP contribution in [0.4, 0.5) is 0 Å². The van der Waals surface area contributed by atoms with Gasteiger partial charge in [-0.25, -0.2) is 0 Å². The quantitative estimate of drug-likeness (QED) is 0.900. The average Bonchev–Trinajstić information content (AvgIpc) is 2.45. The predicted octanol–water partition coefficient (Wildman–Crippen LogP) is 3.85. The number of hydrogen-bond acceptors (Lipinski definition) is 2. The van der Waals surface area contributed by atoms with Crippen LogP contribution in [0.15, 0.2) is 54.6 Å². The van der Waals surface area contributed by atoms with Crippen molar-refractivity contribution in [2.75, 3.05) is 0 Å². The number of halogens is 1. The van der Waals surface area contributed by atoms with Gasteiger partial charge in [-0.2, -0.15) is 0 Å². The lowest BCUT2D eigenvalue weighted by Gasteiger charge is -2.26. The van der Waals surface area contributed by atoms with Crippen molar-refractivity contribution in [1.82, 2.24) is 0 Å². The van der Waals surface area contributed by atoms with Gasteiger partial charge in [0, 0.05) is 5.02 Å². The zero-order valence-corrected chi connectivity index (χ0v) is 10.9. The first-order valence-corrected chi connectivity index (χ1v) is 6.49. The van der Waals surface area contributed by atoms with Crippen molar-refractivity contribution >= 4 is 17.7 Å². The van der Waals surface area contributed by atoms with E-state index in [-0.39, 0.29) is 6.10 Å². The second-order valence-electron chi connectivity index (χ2n) is 4.47. The molecule has 0 bridgehead atoms. The molecule has 19 heavy (non-hydrogen) atoms. The SMILES string of the molecule is O[C@H]1c2ccccc2C=C[C@H]1Oc1ccc(Cl)cc1. The minimum atomic E-state index is -0.656. The van der Waals surface area contributed by atoms with Crippen LogP contribution in [0.1, 0.15) is 17.2 Å². The highest BCUT2D eigenvalue weighted by atomic mass is 35.5. The molecule has 0 saturated heterocycles. The third-order valence-electron chi connectivity index (χ3n) is 3.18. The summed E-state index contributed by atoms with van der Waals surface area (Å²) in [7, 11) is 0. The molecule has 0 saturated carbocycles. The lowest BCUT2D eigenvalue weighted by molar-refractivity contribution is 0.0623. The molecule has 0 amide bonds. The normalized spacial score (nSPS) is 20.9. The molecule has 0 fully saturated rings. The second kappa shape index (κ2) is 5.08. The van der Waals surface area contributed by atoms with Gasteiger partial charge in [0.05, 0.1) is 0 Å². The van der Waals surface area contributed by atoms with E-state index in [4.69, 9.17) is 16.3 Å². The molecule has 96 valence electrons. The van der Waals surface area contributed by atoms with Crippen molar-refractivity contribution in [3.63, 3.8) is 0 Å². The van der Waals surface area contributed by atoms with Crippen LogP contribution in [-0.2, 0) is 0 Å². The molecule has 0 spiro atoms. The topological polar surface area (TPSA) is 29.5 Å². The van der Waals surface area contributed by atoms with Crippen LogP contribution in [-0.4, -0.2) is 11.2 Å². The number of aliphatic hydroxyl groups excluding tert-OH is 1.